The van der Waals surface area contributed by atoms with Gasteiger partial charge in [0.05, 0.1) is 15.4 Å². The number of aromatic nitrogens is 2. The minimum absolute atomic E-state index is 0.00677. The Hall–Kier alpha value is -2.41. The third-order valence-electron chi connectivity index (χ3n) is 4.12. The van der Waals surface area contributed by atoms with Gasteiger partial charge in [-0.15, -0.1) is 17.9 Å². The van der Waals surface area contributed by atoms with Gasteiger partial charge in [0.1, 0.15) is 0 Å². The fourth-order valence-electron chi connectivity index (χ4n) is 2.77. The second-order valence-electron chi connectivity index (χ2n) is 6.06. The van der Waals surface area contributed by atoms with E-state index in [1.165, 1.54) is 11.3 Å². The summed E-state index contributed by atoms with van der Waals surface area (Å²) >= 11 is 13.7. The maximum absolute atomic E-state index is 12.6. The Morgan fingerprint density at radius 1 is 1.29 bits per heavy atom. The first-order valence-corrected chi connectivity index (χ1v) is 10.1. The summed E-state index contributed by atoms with van der Waals surface area (Å²) in [6.07, 6.45) is 4.08. The number of anilines is 1. The summed E-state index contributed by atoms with van der Waals surface area (Å²) < 4.78 is 0. The van der Waals surface area contributed by atoms with Crippen molar-refractivity contribution in [3.05, 3.63) is 75.7 Å². The van der Waals surface area contributed by atoms with Crippen LogP contribution >= 0.6 is 34.5 Å². The number of halogens is 2. The van der Waals surface area contributed by atoms with E-state index < -0.39 is 0 Å². The summed E-state index contributed by atoms with van der Waals surface area (Å²) in [4.78, 5) is 22.1. The predicted octanol–water partition coefficient (Wildman–Crippen LogP) is 5.18. The van der Waals surface area contributed by atoms with Crippen LogP contribution in [0.3, 0.4) is 0 Å². The molecule has 3 N–H and O–H groups in total. The van der Waals surface area contributed by atoms with E-state index in [2.05, 4.69) is 21.9 Å². The van der Waals surface area contributed by atoms with E-state index in [4.69, 9.17) is 28.9 Å². The maximum atomic E-state index is 12.6. The molecule has 5 nitrogen and oxygen atoms in total. The molecule has 3 aromatic rings. The number of thiophene rings is 1. The molecular formula is C20H18Cl2N4OS. The van der Waals surface area contributed by atoms with Gasteiger partial charge in [0.15, 0.2) is 0 Å². The van der Waals surface area contributed by atoms with Gasteiger partial charge in [-0.25, -0.2) is 9.97 Å². The quantitative estimate of drug-likeness (QED) is 0.503. The molecule has 1 unspecified atom stereocenters. The summed E-state index contributed by atoms with van der Waals surface area (Å²) in [5.74, 6) is 0.0498. The predicted molar refractivity (Wildman–Crippen MR) is 116 cm³/mol. The zero-order valence-corrected chi connectivity index (χ0v) is 17.2. The van der Waals surface area contributed by atoms with Crippen LogP contribution in [0, 0.1) is 0 Å². The lowest BCUT2D eigenvalue weighted by molar-refractivity contribution is 0.0955. The van der Waals surface area contributed by atoms with Crippen LogP contribution in [0.4, 0.5) is 5.95 Å². The normalized spacial score (nSPS) is 11.8. The molecule has 0 fully saturated rings. The molecule has 8 heteroatoms. The van der Waals surface area contributed by atoms with Gasteiger partial charge < -0.3 is 11.1 Å². The van der Waals surface area contributed by atoms with Gasteiger partial charge in [-0.2, -0.15) is 0 Å². The smallest absolute Gasteiger partial charge is 0.261 e. The van der Waals surface area contributed by atoms with E-state index >= 15 is 0 Å². The highest BCUT2D eigenvalue weighted by molar-refractivity contribution is 7.17. The Labute approximate surface area is 177 Å². The number of allylic oxidation sites excluding steroid dienone is 1. The Morgan fingerprint density at radius 3 is 2.82 bits per heavy atom. The minimum atomic E-state index is -0.155. The van der Waals surface area contributed by atoms with E-state index in [1.807, 2.05) is 18.2 Å². The van der Waals surface area contributed by atoms with Crippen molar-refractivity contribution in [3.8, 4) is 10.6 Å². The number of hydrogen-bond acceptors (Lipinski definition) is 5. The highest BCUT2D eigenvalue weighted by atomic mass is 35.5. The molecule has 2 aromatic heterocycles. The highest BCUT2D eigenvalue weighted by Gasteiger charge is 2.17. The zero-order chi connectivity index (χ0) is 20.1. The Bertz CT molecular complexity index is 1010. The van der Waals surface area contributed by atoms with E-state index in [-0.39, 0.29) is 17.8 Å². The minimum Gasteiger partial charge on any atom is -0.368 e. The molecule has 0 aliphatic heterocycles. The van der Waals surface area contributed by atoms with Crippen molar-refractivity contribution in [2.75, 3.05) is 12.3 Å². The molecule has 28 heavy (non-hydrogen) atoms. The van der Waals surface area contributed by atoms with E-state index in [9.17, 15) is 4.79 Å². The summed E-state index contributed by atoms with van der Waals surface area (Å²) in [6, 6.07) is 10.7. The van der Waals surface area contributed by atoms with Gasteiger partial charge in [0, 0.05) is 28.7 Å². The lowest BCUT2D eigenvalue weighted by Gasteiger charge is -2.18. The molecular weight excluding hydrogens is 415 g/mol. The molecule has 0 saturated carbocycles. The van der Waals surface area contributed by atoms with Gasteiger partial charge >= 0.3 is 0 Å². The fourth-order valence-corrected chi connectivity index (χ4v) is 4.22. The first kappa shape index (κ1) is 20.3. The Balaban J connectivity index is 1.70. The van der Waals surface area contributed by atoms with E-state index in [0.717, 1.165) is 10.4 Å². The summed E-state index contributed by atoms with van der Waals surface area (Å²) in [5.41, 5.74) is 7.24. The van der Waals surface area contributed by atoms with Gasteiger partial charge in [-0.1, -0.05) is 35.3 Å². The molecule has 0 saturated heterocycles. The first-order valence-electron chi connectivity index (χ1n) is 8.50. The van der Waals surface area contributed by atoms with E-state index in [0.29, 0.717) is 33.6 Å². The third-order valence-corrected chi connectivity index (χ3v) is 5.79. The number of benzene rings is 1. The van der Waals surface area contributed by atoms with Crippen LogP contribution in [-0.4, -0.2) is 22.4 Å². The van der Waals surface area contributed by atoms with Crippen LogP contribution in [0.25, 0.3) is 10.6 Å². The number of hydrogen-bond donors (Lipinski definition) is 2. The average Bonchev–Trinajstić information content (AvgIpc) is 3.16. The van der Waals surface area contributed by atoms with Gasteiger partial charge in [0.25, 0.3) is 5.91 Å². The molecule has 0 aliphatic carbocycles. The standard InChI is InChI=1S/C20H18Cl2N4OS/c1-2-3-12(14-5-4-13(21)10-15(14)22)11-25-19(27)18-7-6-17(28-18)16-8-9-24-20(23)26-16/h2,4-10,12H,1,3,11H2,(H,25,27)(H2,23,24,26). The average molecular weight is 433 g/mol. The molecule has 0 radical (unpaired) electrons. The number of nitrogens with zero attached hydrogens (tertiary/aromatic N) is 2. The molecule has 3 rings (SSSR count). The second kappa shape index (κ2) is 9.19. The number of nitrogens with one attached hydrogen (secondary N) is 1. The van der Waals surface area contributed by atoms with Gasteiger partial charge in [-0.3, -0.25) is 4.79 Å². The highest BCUT2D eigenvalue weighted by Crippen LogP contribution is 2.30. The largest absolute Gasteiger partial charge is 0.368 e. The SMILES string of the molecule is C=CCC(CNC(=O)c1ccc(-c2ccnc(N)n2)s1)c1ccc(Cl)cc1Cl. The molecule has 1 aromatic carbocycles. The van der Waals surface area contributed by atoms with Gasteiger partial charge in [-0.05, 0) is 42.3 Å². The molecule has 0 spiro atoms. The lowest BCUT2D eigenvalue weighted by Crippen LogP contribution is -2.27. The number of nitrogens with two attached hydrogens (primary N) is 1. The number of nitrogen functional groups attached to an aromatic ring is 1. The van der Waals surface area contributed by atoms with Crippen LogP contribution in [-0.2, 0) is 0 Å². The van der Waals surface area contributed by atoms with Crippen LogP contribution in [0.5, 0.6) is 0 Å². The first-order chi connectivity index (χ1) is 13.5. The Morgan fingerprint density at radius 2 is 2.11 bits per heavy atom. The number of amides is 1. The van der Waals surface area contributed by atoms with Crippen molar-refractivity contribution in [3.63, 3.8) is 0 Å². The lowest BCUT2D eigenvalue weighted by atomic mass is 9.95. The van der Waals surface area contributed by atoms with Gasteiger partial charge in [0.2, 0.25) is 5.95 Å². The summed E-state index contributed by atoms with van der Waals surface area (Å²) in [6.45, 7) is 4.23. The fraction of sp³-hybridized carbons (Fsp3) is 0.150. The Kier molecular flexibility index (Phi) is 6.67. The summed E-state index contributed by atoms with van der Waals surface area (Å²) in [7, 11) is 0. The van der Waals surface area contributed by atoms with Crippen molar-refractivity contribution in [1.82, 2.24) is 15.3 Å². The monoisotopic (exact) mass is 432 g/mol. The number of carbonyl (C=O) groups excluding carboxylic acids is 1. The third kappa shape index (κ3) is 4.90. The van der Waals surface area contributed by atoms with Crippen LogP contribution in [0.2, 0.25) is 10.0 Å². The zero-order valence-electron chi connectivity index (χ0n) is 14.9. The topological polar surface area (TPSA) is 80.9 Å². The van der Waals surface area contributed by atoms with Crippen molar-refractivity contribution in [2.24, 2.45) is 0 Å². The van der Waals surface area contributed by atoms with Crippen molar-refractivity contribution in [1.29, 1.82) is 0 Å². The molecule has 1 atom stereocenters. The molecule has 0 aliphatic rings. The second-order valence-corrected chi connectivity index (χ2v) is 7.99. The molecule has 0 bridgehead atoms. The van der Waals surface area contributed by atoms with Crippen LogP contribution in [0.1, 0.15) is 27.6 Å². The summed E-state index contributed by atoms with van der Waals surface area (Å²) in [5, 5.41) is 4.13. The molecule has 144 valence electrons. The molecule has 1 amide bonds. The van der Waals surface area contributed by atoms with Crippen molar-refractivity contribution >= 4 is 46.4 Å². The van der Waals surface area contributed by atoms with Crippen LogP contribution in [0.15, 0.2) is 55.3 Å². The number of carbonyl (C=O) groups is 1. The van der Waals surface area contributed by atoms with Crippen molar-refractivity contribution in [2.45, 2.75) is 12.3 Å². The molecule has 2 heterocycles. The van der Waals surface area contributed by atoms with Crippen LogP contribution < -0.4 is 11.1 Å². The van der Waals surface area contributed by atoms with E-state index in [1.54, 1.807) is 30.5 Å². The van der Waals surface area contributed by atoms with Crippen molar-refractivity contribution < 1.29 is 4.79 Å². The maximum Gasteiger partial charge on any atom is 0.261 e. The number of rotatable bonds is 7.